The van der Waals surface area contributed by atoms with Crippen LogP contribution in [-0.2, 0) is 33.2 Å². The highest BCUT2D eigenvalue weighted by Gasteiger charge is 2.53. The number of unbranched alkanes of at least 4 members (excludes halogenated alkanes) is 27. The molecule has 12 N–H and O–H groups in total. The average molecular weight is 1230 g/mol. The number of aliphatic hydroxyl groups is 11. The van der Waals surface area contributed by atoms with Gasteiger partial charge in [0.1, 0.15) is 73.2 Å². The molecular formula is C67H121NO18. The number of rotatable bonds is 51. The number of carbonyl (C=O) groups excluding carboxylic acids is 1. The zero-order chi connectivity index (χ0) is 62.6. The first-order valence-corrected chi connectivity index (χ1v) is 33.9. The summed E-state index contributed by atoms with van der Waals surface area (Å²) in [4.78, 5) is 13.4. The SMILES string of the molecule is CC/C=C\C/C=C\C/C=C\C/C=C\CCCCCCC(=O)NC(COC1OC(CO)C(OC2OC(CO)C(OC3OC(CO)C(O)C(O)C3O)C(O)C2O)C(O)C1O)C(O)CCCCCCCCCCCCCCCCCCCCCCCCCC. The van der Waals surface area contributed by atoms with Crippen LogP contribution < -0.4 is 5.32 Å². The van der Waals surface area contributed by atoms with Crippen molar-refractivity contribution >= 4 is 5.91 Å². The Morgan fingerprint density at radius 1 is 0.430 bits per heavy atom. The van der Waals surface area contributed by atoms with Crippen LogP contribution in [0.5, 0.6) is 0 Å². The summed E-state index contributed by atoms with van der Waals surface area (Å²) in [7, 11) is 0. The lowest BCUT2D eigenvalue weighted by Gasteiger charge is -2.48. The summed E-state index contributed by atoms with van der Waals surface area (Å²) in [5.74, 6) is -0.265. The molecule has 86 heavy (non-hydrogen) atoms. The van der Waals surface area contributed by atoms with Gasteiger partial charge in [0, 0.05) is 6.42 Å². The zero-order valence-electron chi connectivity index (χ0n) is 52.8. The van der Waals surface area contributed by atoms with Crippen LogP contribution in [-0.4, -0.2) is 193 Å². The summed E-state index contributed by atoms with van der Waals surface area (Å²) in [5, 5.41) is 121. The van der Waals surface area contributed by atoms with Crippen molar-refractivity contribution in [2.24, 2.45) is 0 Å². The van der Waals surface area contributed by atoms with E-state index in [9.17, 15) is 61.0 Å². The van der Waals surface area contributed by atoms with E-state index in [4.69, 9.17) is 28.4 Å². The van der Waals surface area contributed by atoms with Gasteiger partial charge in [-0.3, -0.25) is 4.79 Å². The number of allylic oxidation sites excluding steroid dienone is 8. The van der Waals surface area contributed by atoms with Crippen molar-refractivity contribution in [1.82, 2.24) is 5.32 Å². The Kier molecular flexibility index (Phi) is 44.8. The smallest absolute Gasteiger partial charge is 0.220 e. The number of hydrogen-bond acceptors (Lipinski definition) is 18. The molecule has 0 aliphatic carbocycles. The monoisotopic (exact) mass is 1230 g/mol. The topological polar surface area (TPSA) is 307 Å². The maximum atomic E-state index is 13.4. The Morgan fingerprint density at radius 2 is 0.802 bits per heavy atom. The van der Waals surface area contributed by atoms with Crippen molar-refractivity contribution in [3.63, 3.8) is 0 Å². The summed E-state index contributed by atoms with van der Waals surface area (Å²) < 4.78 is 34.4. The van der Waals surface area contributed by atoms with Crippen molar-refractivity contribution < 1.29 is 89.4 Å². The number of amides is 1. The van der Waals surface area contributed by atoms with Gasteiger partial charge in [-0.15, -0.1) is 0 Å². The highest BCUT2D eigenvalue weighted by atomic mass is 16.8. The Bertz CT molecular complexity index is 1750. The molecule has 0 spiro atoms. The van der Waals surface area contributed by atoms with Gasteiger partial charge < -0.3 is 89.9 Å². The third-order valence-corrected chi connectivity index (χ3v) is 16.9. The van der Waals surface area contributed by atoms with E-state index >= 15 is 0 Å². The lowest BCUT2D eigenvalue weighted by Crippen LogP contribution is -2.66. The van der Waals surface area contributed by atoms with Crippen LogP contribution in [0.2, 0.25) is 0 Å². The highest BCUT2D eigenvalue weighted by Crippen LogP contribution is 2.33. The van der Waals surface area contributed by atoms with Crippen LogP contribution in [0.1, 0.15) is 239 Å². The minimum Gasteiger partial charge on any atom is -0.394 e. The second-order valence-electron chi connectivity index (χ2n) is 24.3. The molecule has 0 aromatic heterocycles. The summed E-state index contributed by atoms with van der Waals surface area (Å²) in [5.41, 5.74) is 0. The maximum Gasteiger partial charge on any atom is 0.220 e. The van der Waals surface area contributed by atoms with Gasteiger partial charge >= 0.3 is 0 Å². The van der Waals surface area contributed by atoms with Gasteiger partial charge in [-0.25, -0.2) is 0 Å². The molecule has 17 atom stereocenters. The molecular weight excluding hydrogens is 1110 g/mol. The van der Waals surface area contributed by atoms with E-state index in [1.54, 1.807) is 0 Å². The van der Waals surface area contributed by atoms with Gasteiger partial charge in [0.2, 0.25) is 5.91 Å². The second kappa shape index (κ2) is 49.5. The molecule has 19 nitrogen and oxygen atoms in total. The van der Waals surface area contributed by atoms with Gasteiger partial charge in [0.25, 0.3) is 0 Å². The third-order valence-electron chi connectivity index (χ3n) is 16.9. The Balaban J connectivity index is 1.44. The van der Waals surface area contributed by atoms with Gasteiger partial charge in [0.05, 0.1) is 38.6 Å². The molecule has 1 amide bonds. The van der Waals surface area contributed by atoms with Crippen LogP contribution in [0.4, 0.5) is 0 Å². The highest BCUT2D eigenvalue weighted by molar-refractivity contribution is 5.76. The van der Waals surface area contributed by atoms with E-state index in [0.717, 1.165) is 77.0 Å². The van der Waals surface area contributed by atoms with Crippen molar-refractivity contribution in [2.45, 2.75) is 343 Å². The molecule has 0 aromatic rings. The Hall–Kier alpha value is -2.25. The lowest BCUT2D eigenvalue weighted by atomic mass is 9.96. The lowest BCUT2D eigenvalue weighted by molar-refractivity contribution is -0.379. The molecule has 19 heteroatoms. The fraction of sp³-hybridized carbons (Fsp3) is 0.866. The Labute approximate surface area is 516 Å². The molecule has 3 aliphatic heterocycles. The molecule has 0 bridgehead atoms. The molecule has 0 aromatic carbocycles. The largest absolute Gasteiger partial charge is 0.394 e. The second-order valence-corrected chi connectivity index (χ2v) is 24.3. The van der Waals surface area contributed by atoms with Gasteiger partial charge in [-0.1, -0.05) is 229 Å². The van der Waals surface area contributed by atoms with E-state index in [-0.39, 0.29) is 18.9 Å². The summed E-state index contributed by atoms with van der Waals surface area (Å²) in [6.07, 6.45) is 30.5. The van der Waals surface area contributed by atoms with Crippen molar-refractivity contribution in [1.29, 1.82) is 0 Å². The first kappa shape index (κ1) is 78.0. The van der Waals surface area contributed by atoms with Crippen molar-refractivity contribution in [2.75, 3.05) is 26.4 Å². The first-order chi connectivity index (χ1) is 41.8. The van der Waals surface area contributed by atoms with Gasteiger partial charge in [-0.05, 0) is 51.4 Å². The standard InChI is InChI=1S/C67H121NO18/c1-3-5-7-9-11-13-15-17-19-21-22-23-24-25-26-27-29-30-32-34-36-38-40-42-44-51(72)50(68-55(73)45-43-41-39-37-35-33-31-28-20-18-16-14-12-10-8-6-4-2)49-81-65-61(79)58(76)63(53(47-70)83-65)86-67-62(80)59(77)64(54(48-71)84-67)85-66-60(78)57(75)56(74)52(46-69)82-66/h6,8,12,14,18,20,31,33,50-54,56-67,69-72,74-80H,3-5,7,9-11,13,15-17,19,21-30,32,34-49H2,1-2H3,(H,68,73)/b8-6-,14-12-,20-18-,33-31-. The van der Waals surface area contributed by atoms with E-state index in [1.165, 1.54) is 128 Å². The number of hydrogen-bond donors (Lipinski definition) is 12. The molecule has 0 saturated carbocycles. The van der Waals surface area contributed by atoms with E-state index in [1.807, 2.05) is 0 Å². The van der Waals surface area contributed by atoms with Crippen LogP contribution in [0.15, 0.2) is 48.6 Å². The molecule has 3 saturated heterocycles. The van der Waals surface area contributed by atoms with Gasteiger partial charge in [0.15, 0.2) is 18.9 Å². The molecule has 3 heterocycles. The number of aliphatic hydroxyl groups excluding tert-OH is 11. The molecule has 3 rings (SSSR count). The van der Waals surface area contributed by atoms with Crippen LogP contribution >= 0.6 is 0 Å². The average Bonchev–Trinajstić information content (AvgIpc) is 2.24. The summed E-state index contributed by atoms with van der Waals surface area (Å²) >= 11 is 0. The molecule has 3 fully saturated rings. The van der Waals surface area contributed by atoms with E-state index in [2.05, 4.69) is 67.8 Å². The molecule has 502 valence electrons. The fourth-order valence-corrected chi connectivity index (χ4v) is 11.4. The van der Waals surface area contributed by atoms with Crippen LogP contribution in [0.25, 0.3) is 0 Å². The fourth-order valence-electron chi connectivity index (χ4n) is 11.4. The third kappa shape index (κ3) is 31.7. The van der Waals surface area contributed by atoms with Crippen molar-refractivity contribution in [3.8, 4) is 0 Å². The maximum absolute atomic E-state index is 13.4. The number of nitrogens with one attached hydrogen (secondary N) is 1. The first-order valence-electron chi connectivity index (χ1n) is 33.9. The predicted molar refractivity (Wildman–Crippen MR) is 332 cm³/mol. The molecule has 17 unspecified atom stereocenters. The van der Waals surface area contributed by atoms with Crippen LogP contribution in [0.3, 0.4) is 0 Å². The summed E-state index contributed by atoms with van der Waals surface area (Å²) in [6.45, 7) is 1.68. The quantitative estimate of drug-likeness (QED) is 0.0202. The Morgan fingerprint density at radius 3 is 1.26 bits per heavy atom. The van der Waals surface area contributed by atoms with Crippen LogP contribution in [0, 0.1) is 0 Å². The normalized spacial score (nSPS) is 29.1. The van der Waals surface area contributed by atoms with Gasteiger partial charge in [-0.2, -0.15) is 0 Å². The predicted octanol–water partition coefficient (Wildman–Crippen LogP) is 8.22. The minimum absolute atomic E-state index is 0.237. The molecule has 0 radical (unpaired) electrons. The zero-order valence-corrected chi connectivity index (χ0v) is 52.8. The van der Waals surface area contributed by atoms with Crippen molar-refractivity contribution in [3.05, 3.63) is 48.6 Å². The number of ether oxygens (including phenoxy) is 6. The minimum atomic E-state index is -1.98. The number of carbonyl (C=O) groups is 1. The molecule has 3 aliphatic rings. The van der Waals surface area contributed by atoms with E-state index < -0.39 is 124 Å². The van der Waals surface area contributed by atoms with E-state index in [0.29, 0.717) is 12.8 Å². The summed E-state index contributed by atoms with van der Waals surface area (Å²) in [6, 6.07) is -0.902.